The molecule has 3 heteroatoms. The molecule has 448 valence electrons. The van der Waals surface area contributed by atoms with Gasteiger partial charge in [-0.2, -0.15) is 0 Å². The first-order chi connectivity index (χ1) is 39.6. The molecule has 0 aliphatic rings. The van der Waals surface area contributed by atoms with Crippen LogP contribution in [0.4, 0.5) is 11.4 Å². The molecule has 0 amide bonds. The fourth-order valence-corrected chi connectivity index (χ4v) is 10.1. The van der Waals surface area contributed by atoms with E-state index in [9.17, 15) is 0 Å². The molecule has 2 nitrogen and oxygen atoms in total. The summed E-state index contributed by atoms with van der Waals surface area (Å²) >= 11 is 0. The van der Waals surface area contributed by atoms with Gasteiger partial charge in [-0.15, -0.1) is 71.0 Å². The van der Waals surface area contributed by atoms with Crippen molar-refractivity contribution in [2.75, 3.05) is 0 Å². The zero-order chi connectivity index (χ0) is 57.5. The van der Waals surface area contributed by atoms with Crippen molar-refractivity contribution in [3.63, 3.8) is 0 Å². The third kappa shape index (κ3) is 38.9. The summed E-state index contributed by atoms with van der Waals surface area (Å²) in [4.78, 5) is 11.2. The number of aryl methyl sites for hydroxylation is 2. The van der Waals surface area contributed by atoms with Crippen LogP contribution in [0.1, 0.15) is 332 Å². The Morgan fingerprint density at radius 2 is 0.556 bits per heavy atom. The van der Waals surface area contributed by atoms with Crippen LogP contribution < -0.4 is 0 Å². The number of aliphatic imine (C=N–C) groups is 2. The van der Waals surface area contributed by atoms with Gasteiger partial charge in [0.05, 0.1) is 17.1 Å². The van der Waals surface area contributed by atoms with E-state index in [0.717, 1.165) is 190 Å². The van der Waals surface area contributed by atoms with E-state index in [1.165, 1.54) is 149 Å². The summed E-state index contributed by atoms with van der Waals surface area (Å²) in [5.74, 6) is 42.2. The molecule has 0 fully saturated rings. The van der Waals surface area contributed by atoms with Gasteiger partial charge in [0, 0.05) is 99.8 Å². The van der Waals surface area contributed by atoms with Crippen molar-refractivity contribution >= 4 is 23.3 Å². The molecule has 0 unspecified atom stereocenters. The summed E-state index contributed by atoms with van der Waals surface area (Å²) in [6, 6.07) is 9.48. The molecule has 81 heavy (non-hydrogen) atoms. The van der Waals surface area contributed by atoms with Crippen molar-refractivity contribution in [2.24, 2.45) is 9.98 Å². The maximum absolute atomic E-state index is 5.69. The summed E-state index contributed by atoms with van der Waals surface area (Å²) in [6.45, 7) is 15.9. The molecular formula is C78H116N2Ni. The minimum Gasteiger partial charge on any atom is -0.255 e. The van der Waals surface area contributed by atoms with Crippen molar-refractivity contribution < 1.29 is 16.5 Å². The number of nitrogens with zero attached hydrogens (tertiary/aromatic N) is 2. The van der Waals surface area contributed by atoms with Crippen LogP contribution in [-0.2, 0) is 55.0 Å². The van der Waals surface area contributed by atoms with Crippen molar-refractivity contribution in [3.8, 4) is 71.0 Å². The third-order valence-electron chi connectivity index (χ3n) is 15.0. The fourth-order valence-electron chi connectivity index (χ4n) is 10.1. The number of hydrogen-bond donors (Lipinski definition) is 0. The molecule has 0 aliphatic heterocycles. The normalized spacial score (nSPS) is 10.7. The largest absolute Gasteiger partial charge is 0.255 e. The molecular weight excluding hydrogens is 1020 g/mol. The monoisotopic (exact) mass is 1140 g/mol. The van der Waals surface area contributed by atoms with E-state index >= 15 is 0 Å². The van der Waals surface area contributed by atoms with Crippen LogP contribution in [0.25, 0.3) is 0 Å². The van der Waals surface area contributed by atoms with E-state index in [1.54, 1.807) is 0 Å². The standard InChI is InChI=1S/C78H116N2.Ni/c1-8-15-22-28-34-40-46-52-58-70-65-67-77(75(63-56-50-44-38-32-26-19-12-5)73(70)61-54-48-42-36-30-24-17-10-3)79-69-72(60-21-14-7)80-78-68-66-71(59-53-47-41-35-29-23-16-9-2)74(62-55-49-43-37-31-25-18-11-4)76(78)64-57-51-45-39-33-27-20-13-6;/h65-69H,8-33,46-64H2,1-7H3;/b79-69+,80-72+;. The van der Waals surface area contributed by atoms with Crippen LogP contribution in [-0.4, -0.2) is 11.9 Å². The van der Waals surface area contributed by atoms with Gasteiger partial charge < -0.3 is 0 Å². The Balaban J connectivity index is 0.0000328. The molecule has 0 N–H and O–H groups in total. The molecule has 2 aromatic rings. The molecule has 0 aliphatic carbocycles. The van der Waals surface area contributed by atoms with Crippen LogP contribution in [0.5, 0.6) is 0 Å². The van der Waals surface area contributed by atoms with E-state index < -0.39 is 0 Å². The summed E-state index contributed by atoms with van der Waals surface area (Å²) in [7, 11) is 0. The van der Waals surface area contributed by atoms with Gasteiger partial charge >= 0.3 is 0 Å². The topological polar surface area (TPSA) is 24.7 Å². The van der Waals surface area contributed by atoms with Gasteiger partial charge in [-0.05, 0) is 174 Å². The minimum atomic E-state index is 0. The molecule has 0 spiro atoms. The third-order valence-corrected chi connectivity index (χ3v) is 15.0. The maximum atomic E-state index is 5.69. The van der Waals surface area contributed by atoms with Gasteiger partial charge in [-0.25, -0.2) is 0 Å². The Hall–Kier alpha value is -4.37. The van der Waals surface area contributed by atoms with E-state index in [1.807, 2.05) is 0 Å². The summed E-state index contributed by atoms with van der Waals surface area (Å²) in [6.07, 6.45) is 51.6. The van der Waals surface area contributed by atoms with E-state index in [0.29, 0.717) is 0 Å². The SMILES string of the molecule is CCCCCC#CCCCc1ccc(/N=C/C(CCCC)=N/c2ccc(CCCC#CCCCCC)c(CCCC#CCCCCC)c2CCCC#CCCCCC)c(CCCC#CCCCCC)c1CCCC#CCCCCC.[Ni]. The Kier molecular flexibility index (Phi) is 51.7. The summed E-state index contributed by atoms with van der Waals surface area (Å²) in [5, 5.41) is 0. The van der Waals surface area contributed by atoms with Gasteiger partial charge in [0.2, 0.25) is 0 Å². The summed E-state index contributed by atoms with van der Waals surface area (Å²) < 4.78 is 0. The molecule has 0 saturated carbocycles. The van der Waals surface area contributed by atoms with Gasteiger partial charge in [0.25, 0.3) is 0 Å². The Morgan fingerprint density at radius 3 is 0.864 bits per heavy atom. The van der Waals surface area contributed by atoms with Crippen molar-refractivity contribution in [2.45, 2.75) is 337 Å². The second-order valence-electron chi connectivity index (χ2n) is 22.4. The molecule has 0 radical (unpaired) electrons. The molecule has 0 aromatic heterocycles. The second-order valence-corrected chi connectivity index (χ2v) is 22.4. The van der Waals surface area contributed by atoms with Crippen LogP contribution >= 0.6 is 0 Å². The molecule has 2 aromatic carbocycles. The first-order valence-corrected chi connectivity index (χ1v) is 33.7. The van der Waals surface area contributed by atoms with Crippen LogP contribution in [0.3, 0.4) is 0 Å². The first kappa shape index (κ1) is 74.6. The average Bonchev–Trinajstić information content (AvgIpc) is 3.48. The van der Waals surface area contributed by atoms with Gasteiger partial charge in [0.1, 0.15) is 0 Å². The quantitative estimate of drug-likeness (QED) is 0.0274. The maximum Gasteiger partial charge on any atom is 0.0668 e. The van der Waals surface area contributed by atoms with Crippen LogP contribution in [0.15, 0.2) is 34.3 Å². The Bertz CT molecular complexity index is 2360. The number of benzene rings is 2. The predicted octanol–water partition coefficient (Wildman–Crippen LogP) is 22.8. The minimum absolute atomic E-state index is 0. The predicted molar refractivity (Wildman–Crippen MR) is 357 cm³/mol. The first-order valence-electron chi connectivity index (χ1n) is 33.7. The fraction of sp³-hybridized carbons (Fsp3) is 0.667. The van der Waals surface area contributed by atoms with E-state index in [2.05, 4.69) is 150 Å². The van der Waals surface area contributed by atoms with Crippen molar-refractivity contribution in [3.05, 3.63) is 57.6 Å². The summed E-state index contributed by atoms with van der Waals surface area (Å²) in [5.41, 5.74) is 12.1. The van der Waals surface area contributed by atoms with Gasteiger partial charge in [-0.3, -0.25) is 9.98 Å². The van der Waals surface area contributed by atoms with E-state index in [-0.39, 0.29) is 16.5 Å². The smallest absolute Gasteiger partial charge is 0.0668 e. The van der Waals surface area contributed by atoms with E-state index in [4.69, 9.17) is 9.98 Å². The number of rotatable bonds is 42. The van der Waals surface area contributed by atoms with Crippen molar-refractivity contribution in [1.29, 1.82) is 0 Å². The van der Waals surface area contributed by atoms with Gasteiger partial charge in [0.15, 0.2) is 0 Å². The Labute approximate surface area is 512 Å². The molecule has 0 atom stereocenters. The van der Waals surface area contributed by atoms with Crippen molar-refractivity contribution in [1.82, 2.24) is 0 Å². The second kappa shape index (κ2) is 56.1. The average molecular weight is 1140 g/mol. The zero-order valence-electron chi connectivity index (χ0n) is 53.4. The molecule has 0 bridgehead atoms. The van der Waals surface area contributed by atoms with Gasteiger partial charge in [-0.1, -0.05) is 144 Å². The molecule has 0 saturated heterocycles. The van der Waals surface area contributed by atoms with Crippen LogP contribution in [0.2, 0.25) is 0 Å². The van der Waals surface area contributed by atoms with Crippen LogP contribution in [0, 0.1) is 71.0 Å². The molecule has 0 heterocycles. The number of hydrogen-bond acceptors (Lipinski definition) is 2. The molecule has 2 rings (SSSR count). The number of unbranched alkanes of at least 4 members (excludes halogenated alkanes) is 25. The Morgan fingerprint density at radius 1 is 0.296 bits per heavy atom. The zero-order valence-corrected chi connectivity index (χ0v) is 54.4.